The van der Waals surface area contributed by atoms with Crippen molar-refractivity contribution < 1.29 is 5.11 Å². The molecule has 1 unspecified atom stereocenters. The largest absolute Gasteiger partial charge is 0.388 e. The molecule has 106 valence electrons. The number of para-hydroxylation sites is 1. The molecule has 0 spiro atoms. The van der Waals surface area contributed by atoms with E-state index in [0.29, 0.717) is 6.42 Å². The van der Waals surface area contributed by atoms with Gasteiger partial charge in [0.15, 0.2) is 0 Å². The third-order valence-electron chi connectivity index (χ3n) is 3.56. The number of thioether (sulfide) groups is 1. The van der Waals surface area contributed by atoms with Gasteiger partial charge in [0.1, 0.15) is 0 Å². The van der Waals surface area contributed by atoms with Crippen LogP contribution in [-0.4, -0.2) is 16.3 Å². The molecule has 2 nitrogen and oxygen atoms in total. The van der Waals surface area contributed by atoms with Crippen molar-refractivity contribution in [2.75, 3.05) is 6.26 Å². The Labute approximate surface area is 128 Å². The smallest absolute Gasteiger partial charge is 0.0845 e. The Hall–Kier alpha value is -1.84. The zero-order chi connectivity index (χ0) is 14.7. The van der Waals surface area contributed by atoms with Crippen LogP contribution in [0.15, 0.2) is 65.6 Å². The predicted octanol–water partition coefficient (Wildman–Crippen LogP) is 4.23. The maximum atomic E-state index is 10.4. The number of hydrogen-bond donors (Lipinski definition) is 1. The third-order valence-corrected chi connectivity index (χ3v) is 4.30. The molecule has 1 heterocycles. The summed E-state index contributed by atoms with van der Waals surface area (Å²) in [6.07, 6.45) is 2.06. The molecule has 1 N–H and O–H groups in total. The van der Waals surface area contributed by atoms with Crippen molar-refractivity contribution in [2.45, 2.75) is 17.4 Å². The summed E-state index contributed by atoms with van der Waals surface area (Å²) in [5.74, 6) is 0. The van der Waals surface area contributed by atoms with Gasteiger partial charge in [-0.1, -0.05) is 36.4 Å². The van der Waals surface area contributed by atoms with Gasteiger partial charge in [-0.05, 0) is 36.1 Å². The van der Waals surface area contributed by atoms with Crippen molar-refractivity contribution in [3.8, 4) is 0 Å². The molecule has 0 aliphatic heterocycles. The SMILES string of the molecule is CSc1ccc(C(O)Cc2ccc3ccccc3n2)cc1. The van der Waals surface area contributed by atoms with Crippen LogP contribution < -0.4 is 0 Å². The highest BCUT2D eigenvalue weighted by molar-refractivity contribution is 7.98. The first-order chi connectivity index (χ1) is 10.3. The number of nitrogens with zero attached hydrogens (tertiary/aromatic N) is 1. The van der Waals surface area contributed by atoms with Crippen LogP contribution in [0.4, 0.5) is 0 Å². The molecule has 0 amide bonds. The fourth-order valence-electron chi connectivity index (χ4n) is 2.36. The lowest BCUT2D eigenvalue weighted by Gasteiger charge is -2.11. The van der Waals surface area contributed by atoms with E-state index in [-0.39, 0.29) is 0 Å². The maximum Gasteiger partial charge on any atom is 0.0845 e. The molecule has 0 saturated heterocycles. The summed E-state index contributed by atoms with van der Waals surface area (Å²) in [6, 6.07) is 20.1. The summed E-state index contributed by atoms with van der Waals surface area (Å²) >= 11 is 1.70. The Morgan fingerprint density at radius 1 is 1.00 bits per heavy atom. The molecule has 3 aromatic rings. The molecule has 0 aliphatic rings. The number of hydrogen-bond acceptors (Lipinski definition) is 3. The monoisotopic (exact) mass is 295 g/mol. The summed E-state index contributed by atoms with van der Waals surface area (Å²) in [6.45, 7) is 0. The van der Waals surface area contributed by atoms with E-state index in [1.54, 1.807) is 11.8 Å². The summed E-state index contributed by atoms with van der Waals surface area (Å²) in [5, 5.41) is 11.5. The standard InChI is InChI=1S/C18H17NOS/c1-21-16-10-7-14(8-11-16)18(20)12-15-9-6-13-4-2-3-5-17(13)19-15/h2-11,18,20H,12H2,1H3. The summed E-state index contributed by atoms with van der Waals surface area (Å²) in [7, 11) is 0. The third kappa shape index (κ3) is 3.26. The summed E-state index contributed by atoms with van der Waals surface area (Å²) < 4.78 is 0. The molecule has 1 atom stereocenters. The molecule has 1 aromatic heterocycles. The molecule has 3 heteroatoms. The van der Waals surface area contributed by atoms with E-state index in [2.05, 4.69) is 11.1 Å². The molecule has 0 saturated carbocycles. The van der Waals surface area contributed by atoms with Crippen LogP contribution in [0.2, 0.25) is 0 Å². The second-order valence-corrected chi connectivity index (χ2v) is 5.87. The van der Waals surface area contributed by atoms with Crippen LogP contribution in [0.5, 0.6) is 0 Å². The van der Waals surface area contributed by atoms with E-state index in [4.69, 9.17) is 0 Å². The Bertz CT molecular complexity index is 740. The molecular weight excluding hydrogens is 278 g/mol. The van der Waals surface area contributed by atoms with Crippen molar-refractivity contribution in [3.05, 3.63) is 71.9 Å². The average molecular weight is 295 g/mol. The molecule has 3 rings (SSSR count). The number of fused-ring (bicyclic) bond motifs is 1. The van der Waals surface area contributed by atoms with Crippen LogP contribution in [0.3, 0.4) is 0 Å². The molecule has 21 heavy (non-hydrogen) atoms. The van der Waals surface area contributed by atoms with Crippen LogP contribution in [0.1, 0.15) is 17.4 Å². The first-order valence-electron chi connectivity index (χ1n) is 6.93. The van der Waals surface area contributed by atoms with Crippen molar-refractivity contribution in [1.29, 1.82) is 0 Å². The molecule has 0 radical (unpaired) electrons. The lowest BCUT2D eigenvalue weighted by molar-refractivity contribution is 0.177. The molecule has 2 aromatic carbocycles. The molecular formula is C18H17NOS. The maximum absolute atomic E-state index is 10.4. The topological polar surface area (TPSA) is 33.1 Å². The number of rotatable bonds is 4. The molecule has 0 aliphatic carbocycles. The van der Waals surface area contributed by atoms with Gasteiger partial charge in [0.2, 0.25) is 0 Å². The zero-order valence-electron chi connectivity index (χ0n) is 11.9. The van der Waals surface area contributed by atoms with Crippen molar-refractivity contribution in [2.24, 2.45) is 0 Å². The quantitative estimate of drug-likeness (QED) is 0.731. The van der Waals surface area contributed by atoms with Gasteiger partial charge in [0.25, 0.3) is 0 Å². The normalized spacial score (nSPS) is 12.5. The second kappa shape index (κ2) is 6.29. The van der Waals surface area contributed by atoms with Crippen molar-refractivity contribution in [1.82, 2.24) is 4.98 Å². The van der Waals surface area contributed by atoms with Gasteiger partial charge in [-0.25, -0.2) is 0 Å². The van der Waals surface area contributed by atoms with Gasteiger partial charge in [0.05, 0.1) is 11.6 Å². The summed E-state index contributed by atoms with van der Waals surface area (Å²) in [4.78, 5) is 5.81. The lowest BCUT2D eigenvalue weighted by Crippen LogP contribution is -2.03. The predicted molar refractivity (Wildman–Crippen MR) is 88.6 cm³/mol. The van der Waals surface area contributed by atoms with Crippen LogP contribution >= 0.6 is 11.8 Å². The highest BCUT2D eigenvalue weighted by Gasteiger charge is 2.10. The Morgan fingerprint density at radius 3 is 2.52 bits per heavy atom. The fourth-order valence-corrected chi connectivity index (χ4v) is 2.77. The van der Waals surface area contributed by atoms with Crippen LogP contribution in [-0.2, 0) is 6.42 Å². The number of aromatic nitrogens is 1. The average Bonchev–Trinajstić information content (AvgIpc) is 2.55. The van der Waals surface area contributed by atoms with E-state index in [9.17, 15) is 5.11 Å². The minimum absolute atomic E-state index is 0.519. The van der Waals surface area contributed by atoms with Gasteiger partial charge in [0, 0.05) is 22.4 Å². The number of aliphatic hydroxyl groups excluding tert-OH is 1. The van der Waals surface area contributed by atoms with Gasteiger partial charge in [-0.3, -0.25) is 4.98 Å². The first kappa shape index (κ1) is 14.1. The minimum Gasteiger partial charge on any atom is -0.388 e. The van der Waals surface area contributed by atoms with Crippen molar-refractivity contribution in [3.63, 3.8) is 0 Å². The summed E-state index contributed by atoms with van der Waals surface area (Å²) in [5.41, 5.74) is 2.82. The number of pyridine rings is 1. The van der Waals surface area contributed by atoms with Crippen LogP contribution in [0, 0.1) is 0 Å². The highest BCUT2D eigenvalue weighted by Crippen LogP contribution is 2.22. The van der Waals surface area contributed by atoms with E-state index < -0.39 is 6.10 Å². The first-order valence-corrected chi connectivity index (χ1v) is 8.15. The minimum atomic E-state index is -0.519. The zero-order valence-corrected chi connectivity index (χ0v) is 12.7. The van der Waals surface area contributed by atoms with E-state index in [1.165, 1.54) is 4.90 Å². The fraction of sp³-hybridized carbons (Fsp3) is 0.167. The Kier molecular flexibility index (Phi) is 4.23. The van der Waals surface area contributed by atoms with E-state index in [1.807, 2.05) is 60.9 Å². The Balaban J connectivity index is 1.79. The Morgan fingerprint density at radius 2 is 1.76 bits per heavy atom. The lowest BCUT2D eigenvalue weighted by atomic mass is 10.0. The highest BCUT2D eigenvalue weighted by atomic mass is 32.2. The molecule has 0 bridgehead atoms. The van der Waals surface area contributed by atoms with Crippen LogP contribution in [0.25, 0.3) is 10.9 Å². The van der Waals surface area contributed by atoms with E-state index >= 15 is 0 Å². The van der Waals surface area contributed by atoms with Crippen molar-refractivity contribution >= 4 is 22.7 Å². The van der Waals surface area contributed by atoms with Gasteiger partial charge < -0.3 is 5.11 Å². The van der Waals surface area contributed by atoms with Gasteiger partial charge >= 0.3 is 0 Å². The number of benzene rings is 2. The second-order valence-electron chi connectivity index (χ2n) is 4.99. The molecule has 0 fully saturated rings. The van der Waals surface area contributed by atoms with E-state index in [0.717, 1.165) is 22.2 Å². The van der Waals surface area contributed by atoms with Gasteiger partial charge in [-0.2, -0.15) is 0 Å². The number of aliphatic hydroxyl groups is 1. The van der Waals surface area contributed by atoms with Gasteiger partial charge in [-0.15, -0.1) is 11.8 Å².